The number of unbranched alkanes of at least 4 members (excludes halogenated alkanes) is 8. The van der Waals surface area contributed by atoms with Crippen molar-refractivity contribution >= 4 is 22.6 Å². The largest absolute Gasteiger partial charge is 1.00 e. The van der Waals surface area contributed by atoms with E-state index in [2.05, 4.69) is 49.3 Å². The Bertz CT molecular complexity index is 295. The summed E-state index contributed by atoms with van der Waals surface area (Å²) < 4.78 is 1.83. The number of hydrogen-bond donors (Lipinski definition) is 0. The van der Waals surface area contributed by atoms with Crippen molar-refractivity contribution in [1.82, 2.24) is 0 Å². The van der Waals surface area contributed by atoms with Crippen LogP contribution in [-0.2, 0) is 0 Å². The van der Waals surface area contributed by atoms with Gasteiger partial charge in [0, 0.05) is 6.42 Å². The molecule has 1 atom stereocenters. The van der Waals surface area contributed by atoms with Crippen LogP contribution in [-0.4, -0.2) is 28.2 Å². The second-order valence-electron chi connectivity index (χ2n) is 7.08. The Morgan fingerprint density at radius 3 is 1.67 bits per heavy atom. The van der Waals surface area contributed by atoms with Crippen LogP contribution in [0.2, 0.25) is 0 Å². The molecule has 24 heavy (non-hydrogen) atoms. The minimum atomic E-state index is 0. The molecule has 0 N–H and O–H groups in total. The monoisotopic (exact) mass is 469 g/mol. The van der Waals surface area contributed by atoms with Crippen molar-refractivity contribution in [2.24, 2.45) is 0 Å². The summed E-state index contributed by atoms with van der Waals surface area (Å²) in [4.78, 5) is 0. The summed E-state index contributed by atoms with van der Waals surface area (Å²) in [6.45, 7) is 10.3. The Labute approximate surface area is 172 Å². The van der Waals surface area contributed by atoms with E-state index < -0.39 is 0 Å². The third-order valence-corrected chi connectivity index (χ3v) is 6.69. The highest BCUT2D eigenvalue weighted by molar-refractivity contribution is 14.1. The number of alkyl halides is 1. The fourth-order valence-corrected chi connectivity index (χ4v) is 4.81. The van der Waals surface area contributed by atoms with Gasteiger partial charge in [-0.1, -0.05) is 72.1 Å². The van der Waals surface area contributed by atoms with Gasteiger partial charge in [-0.05, 0) is 47.8 Å². The number of quaternary nitrogens is 1. The quantitative estimate of drug-likeness (QED) is 0.0802. The Morgan fingerprint density at radius 1 is 0.792 bits per heavy atom. The van der Waals surface area contributed by atoms with Crippen LogP contribution in [0.5, 0.6) is 0 Å². The van der Waals surface area contributed by atoms with E-state index in [0.29, 0.717) is 4.05 Å². The highest BCUT2D eigenvalue weighted by Gasteiger charge is 2.32. The van der Waals surface area contributed by atoms with Gasteiger partial charge in [-0.25, -0.2) is 0 Å². The summed E-state index contributed by atoms with van der Waals surface area (Å²) in [5.74, 6) is 2.96. The number of terminal acetylenes is 1. The smallest absolute Gasteiger partial charge is 0.141 e. The first kappa shape index (κ1) is 26.8. The maximum absolute atomic E-state index is 5.69. The molecule has 0 aliphatic rings. The lowest BCUT2D eigenvalue weighted by molar-refractivity contribution is -0.927. The molecule has 1 nitrogen and oxygen atoms in total. The van der Waals surface area contributed by atoms with E-state index in [0.717, 1.165) is 11.0 Å². The number of halogens is 2. The fraction of sp³-hybridized carbons (Fsp3) is 0.905. The maximum Gasteiger partial charge on any atom is 0.141 e. The van der Waals surface area contributed by atoms with Gasteiger partial charge in [-0.15, -0.1) is 6.42 Å². The van der Waals surface area contributed by atoms with Crippen LogP contribution < -0.4 is 12.4 Å². The lowest BCUT2D eigenvalue weighted by Crippen LogP contribution is -3.00. The van der Waals surface area contributed by atoms with E-state index >= 15 is 0 Å². The topological polar surface area (TPSA) is 0 Å². The van der Waals surface area contributed by atoms with Gasteiger partial charge < -0.3 is 16.9 Å². The molecule has 144 valence electrons. The molecular formula is C21H41ClIN. The Morgan fingerprint density at radius 2 is 1.25 bits per heavy atom. The van der Waals surface area contributed by atoms with E-state index in [1.54, 1.807) is 0 Å². The molecule has 3 heteroatoms. The summed E-state index contributed by atoms with van der Waals surface area (Å²) in [6.07, 6.45) is 22.2. The van der Waals surface area contributed by atoms with Gasteiger partial charge in [-0.2, -0.15) is 0 Å². The van der Waals surface area contributed by atoms with Gasteiger partial charge in [0.25, 0.3) is 0 Å². The molecule has 0 saturated heterocycles. The van der Waals surface area contributed by atoms with Gasteiger partial charge in [0.15, 0.2) is 0 Å². The third kappa shape index (κ3) is 12.0. The average Bonchev–Trinajstić information content (AvgIpc) is 2.53. The zero-order chi connectivity index (χ0) is 17.4. The van der Waals surface area contributed by atoms with Crippen LogP contribution in [0.25, 0.3) is 0 Å². The molecule has 0 amide bonds. The first-order valence-corrected chi connectivity index (χ1v) is 11.3. The molecule has 0 aliphatic heterocycles. The lowest BCUT2D eigenvalue weighted by Gasteiger charge is -2.41. The summed E-state index contributed by atoms with van der Waals surface area (Å²) in [6, 6.07) is 0. The highest BCUT2D eigenvalue weighted by atomic mass is 127. The summed E-state index contributed by atoms with van der Waals surface area (Å²) in [7, 11) is 0. The van der Waals surface area contributed by atoms with Crippen LogP contribution in [0.15, 0.2) is 0 Å². The zero-order valence-electron chi connectivity index (χ0n) is 16.5. The summed E-state index contributed by atoms with van der Waals surface area (Å²) in [5, 5.41) is 0. The Kier molecular flexibility index (Phi) is 20.4. The normalized spacial score (nSPS) is 12.5. The minimum Gasteiger partial charge on any atom is -1.00 e. The fourth-order valence-electron chi connectivity index (χ4n) is 3.62. The average molecular weight is 470 g/mol. The van der Waals surface area contributed by atoms with Crippen LogP contribution >= 0.6 is 22.6 Å². The standard InChI is InChI=1S/C21H41IN.ClH/c1-5-9-10-11-12-13-14-15-16-17-21(22)23(18-6-2,19-7-3)20-8-4;/h2,21H,5,7-20H2,1,3-4H3;1H/q+1;/p-1. The SMILES string of the molecule is C#CC[N+](CCC)(CCC)C(I)CCCCCCCCCCC.[Cl-]. The van der Waals surface area contributed by atoms with Crippen LogP contribution in [0.1, 0.15) is 97.8 Å². The molecule has 0 aromatic carbocycles. The molecule has 0 aromatic heterocycles. The van der Waals surface area contributed by atoms with E-state index in [1.807, 2.05) is 0 Å². The van der Waals surface area contributed by atoms with Gasteiger partial charge >= 0.3 is 0 Å². The lowest BCUT2D eigenvalue weighted by atomic mass is 10.1. The molecule has 0 saturated carbocycles. The van der Waals surface area contributed by atoms with Crippen molar-refractivity contribution in [1.29, 1.82) is 0 Å². The van der Waals surface area contributed by atoms with E-state index in [-0.39, 0.29) is 12.4 Å². The van der Waals surface area contributed by atoms with Crippen LogP contribution in [0, 0.1) is 12.3 Å². The first-order valence-electron chi connectivity index (χ1n) is 10.1. The number of nitrogens with zero attached hydrogens (tertiary/aromatic N) is 1. The van der Waals surface area contributed by atoms with Crippen molar-refractivity contribution in [3.63, 3.8) is 0 Å². The van der Waals surface area contributed by atoms with Crippen molar-refractivity contribution < 1.29 is 16.9 Å². The minimum absolute atomic E-state index is 0. The zero-order valence-corrected chi connectivity index (χ0v) is 19.4. The van der Waals surface area contributed by atoms with Crippen molar-refractivity contribution in [2.75, 3.05) is 19.6 Å². The van der Waals surface area contributed by atoms with Crippen molar-refractivity contribution in [3.8, 4) is 12.3 Å². The molecule has 0 rings (SSSR count). The van der Waals surface area contributed by atoms with Gasteiger partial charge in [0.2, 0.25) is 0 Å². The van der Waals surface area contributed by atoms with Gasteiger partial charge in [0.1, 0.15) is 10.6 Å². The molecule has 0 aromatic rings. The summed E-state index contributed by atoms with van der Waals surface area (Å²) >= 11 is 2.69. The van der Waals surface area contributed by atoms with Gasteiger partial charge in [-0.3, -0.25) is 0 Å². The molecule has 0 bridgehead atoms. The molecule has 0 spiro atoms. The highest BCUT2D eigenvalue weighted by Crippen LogP contribution is 2.26. The second kappa shape index (κ2) is 18.3. The molecule has 0 radical (unpaired) electrons. The second-order valence-corrected chi connectivity index (χ2v) is 8.52. The van der Waals surface area contributed by atoms with E-state index in [9.17, 15) is 0 Å². The first-order chi connectivity index (χ1) is 11.2. The predicted octanol–water partition coefficient (Wildman–Crippen LogP) is 3.94. The molecular weight excluding hydrogens is 429 g/mol. The molecule has 0 fully saturated rings. The third-order valence-electron chi connectivity index (χ3n) is 4.88. The summed E-state index contributed by atoms with van der Waals surface area (Å²) in [5.41, 5.74) is 0. The van der Waals surface area contributed by atoms with Crippen molar-refractivity contribution in [3.05, 3.63) is 0 Å². The van der Waals surface area contributed by atoms with E-state index in [1.165, 1.54) is 90.1 Å². The Balaban J connectivity index is 0. The molecule has 0 heterocycles. The Hall–Kier alpha value is 0.540. The van der Waals surface area contributed by atoms with Crippen LogP contribution in [0.4, 0.5) is 0 Å². The maximum atomic E-state index is 5.69. The number of rotatable bonds is 16. The van der Waals surface area contributed by atoms with Crippen molar-refractivity contribution in [2.45, 2.75) is 102 Å². The van der Waals surface area contributed by atoms with Gasteiger partial charge in [0.05, 0.1) is 13.1 Å². The number of hydrogen-bond acceptors (Lipinski definition) is 0. The molecule has 1 unspecified atom stereocenters. The predicted molar refractivity (Wildman–Crippen MR) is 114 cm³/mol. The molecule has 0 aliphatic carbocycles. The van der Waals surface area contributed by atoms with Crippen LogP contribution in [0.3, 0.4) is 0 Å². The van der Waals surface area contributed by atoms with E-state index in [4.69, 9.17) is 6.42 Å².